The highest BCUT2D eigenvalue weighted by molar-refractivity contribution is 5.13. The molecule has 0 N–H and O–H groups in total. The van der Waals surface area contributed by atoms with Crippen molar-refractivity contribution in [3.63, 3.8) is 0 Å². The number of piperidine rings is 1. The Morgan fingerprint density at radius 3 is 1.56 bits per heavy atom. The molecular formula is C14H16F10N2O. The van der Waals surface area contributed by atoms with Crippen LogP contribution in [0.15, 0.2) is 11.6 Å². The van der Waals surface area contributed by atoms with E-state index < -0.39 is 61.5 Å². The minimum Gasteiger partial charge on any atom is -0.378 e. The predicted octanol–water partition coefficient (Wildman–Crippen LogP) is 4.08. The zero-order valence-electron chi connectivity index (χ0n) is 13.7. The average molecular weight is 418 g/mol. The highest BCUT2D eigenvalue weighted by Crippen LogP contribution is 2.44. The molecule has 2 heterocycles. The third kappa shape index (κ3) is 5.32. The molecule has 0 radical (unpaired) electrons. The van der Waals surface area contributed by atoms with Crippen molar-refractivity contribution in [2.75, 3.05) is 39.4 Å². The van der Waals surface area contributed by atoms with Crippen LogP contribution in [0, 0.1) is 11.8 Å². The van der Waals surface area contributed by atoms with Crippen molar-refractivity contribution in [1.29, 1.82) is 0 Å². The van der Waals surface area contributed by atoms with E-state index in [2.05, 4.69) is 0 Å². The van der Waals surface area contributed by atoms with Crippen molar-refractivity contribution in [2.45, 2.75) is 24.9 Å². The van der Waals surface area contributed by atoms with Crippen LogP contribution in [0.1, 0.15) is 6.42 Å². The predicted molar refractivity (Wildman–Crippen MR) is 71.9 cm³/mol. The van der Waals surface area contributed by atoms with Gasteiger partial charge in [-0.3, -0.25) is 0 Å². The number of morpholine rings is 1. The first-order chi connectivity index (χ1) is 12.2. The first-order valence-electron chi connectivity index (χ1n) is 7.89. The molecule has 0 saturated carbocycles. The molecule has 13 heteroatoms. The lowest BCUT2D eigenvalue weighted by molar-refractivity contribution is -0.230. The lowest BCUT2D eigenvalue weighted by Gasteiger charge is -2.45. The monoisotopic (exact) mass is 418 g/mol. The second-order valence-corrected chi connectivity index (χ2v) is 6.35. The Balaban J connectivity index is 2.45. The Morgan fingerprint density at radius 2 is 1.19 bits per heavy atom. The normalized spacial score (nSPS) is 26.9. The van der Waals surface area contributed by atoms with Crippen LogP contribution in [0.2, 0.25) is 0 Å². The van der Waals surface area contributed by atoms with E-state index in [1.54, 1.807) is 0 Å². The summed E-state index contributed by atoms with van der Waals surface area (Å²) in [5.41, 5.74) is 0. The number of alkyl halides is 9. The lowest BCUT2D eigenvalue weighted by Crippen LogP contribution is -2.53. The van der Waals surface area contributed by atoms with Gasteiger partial charge in [-0.2, -0.15) is 43.9 Å². The molecule has 2 fully saturated rings. The average Bonchev–Trinajstić information content (AvgIpc) is 2.53. The van der Waals surface area contributed by atoms with Crippen molar-refractivity contribution in [2.24, 2.45) is 11.8 Å². The highest BCUT2D eigenvalue weighted by Gasteiger charge is 2.53. The molecule has 2 rings (SSSR count). The van der Waals surface area contributed by atoms with Gasteiger partial charge in [-0.25, -0.2) is 0 Å². The van der Waals surface area contributed by atoms with E-state index in [9.17, 15) is 43.9 Å². The summed E-state index contributed by atoms with van der Waals surface area (Å²) in [5.74, 6) is -9.08. The molecule has 27 heavy (non-hydrogen) atoms. The quantitative estimate of drug-likeness (QED) is 0.629. The molecule has 2 atom stereocenters. The smallest absolute Gasteiger partial charge is 0.378 e. The van der Waals surface area contributed by atoms with E-state index in [0.717, 1.165) is 4.90 Å². The third-order valence-electron chi connectivity index (χ3n) is 4.43. The third-order valence-corrected chi connectivity index (χ3v) is 4.43. The Bertz CT molecular complexity index is 526. The second-order valence-electron chi connectivity index (χ2n) is 6.35. The highest BCUT2D eigenvalue weighted by atomic mass is 19.4. The van der Waals surface area contributed by atoms with Gasteiger partial charge < -0.3 is 14.5 Å². The fraction of sp³-hybridized carbons (Fsp3) is 0.857. The lowest BCUT2D eigenvalue weighted by atomic mass is 9.88. The second kappa shape index (κ2) is 7.55. The first kappa shape index (κ1) is 21.9. The van der Waals surface area contributed by atoms with Gasteiger partial charge in [0.1, 0.15) is 5.82 Å². The van der Waals surface area contributed by atoms with Crippen LogP contribution < -0.4 is 0 Å². The maximum absolute atomic E-state index is 14.1. The molecule has 3 nitrogen and oxygen atoms in total. The van der Waals surface area contributed by atoms with Gasteiger partial charge in [0.05, 0.1) is 25.0 Å². The Hall–Kier alpha value is -1.40. The van der Waals surface area contributed by atoms with Crippen molar-refractivity contribution >= 4 is 0 Å². The first-order valence-corrected chi connectivity index (χ1v) is 7.89. The Morgan fingerprint density at radius 1 is 0.741 bits per heavy atom. The number of likely N-dealkylation sites (tertiary alicyclic amines) is 1. The fourth-order valence-corrected chi connectivity index (χ4v) is 3.13. The van der Waals surface area contributed by atoms with E-state index in [-0.39, 0.29) is 31.2 Å². The summed E-state index contributed by atoms with van der Waals surface area (Å²) < 4.78 is 136. The standard InChI is InChI=1S/C14H16F10N2O/c15-10(14(22,23)24)11(25-1-3-27-4-2-25)26-6-8(12(16,17)18)5-9(7-26)13(19,20)21/h8-9H,1-7H2/b11-10-. The van der Waals surface area contributed by atoms with Gasteiger partial charge in [-0.15, -0.1) is 0 Å². The van der Waals surface area contributed by atoms with Crippen molar-refractivity contribution in [3.05, 3.63) is 11.6 Å². The van der Waals surface area contributed by atoms with Crippen molar-refractivity contribution in [1.82, 2.24) is 9.80 Å². The zero-order valence-corrected chi connectivity index (χ0v) is 13.7. The van der Waals surface area contributed by atoms with Gasteiger partial charge >= 0.3 is 18.5 Å². The molecule has 0 amide bonds. The number of ether oxygens (including phenoxy) is 1. The molecule has 0 aromatic rings. The van der Waals surface area contributed by atoms with Crippen LogP contribution in [0.5, 0.6) is 0 Å². The molecule has 0 aromatic heterocycles. The summed E-state index contributed by atoms with van der Waals surface area (Å²) in [7, 11) is 0. The van der Waals surface area contributed by atoms with Crippen molar-refractivity contribution < 1.29 is 48.6 Å². The van der Waals surface area contributed by atoms with E-state index in [0.29, 0.717) is 0 Å². The largest absolute Gasteiger partial charge is 0.446 e. The zero-order chi connectivity index (χ0) is 20.6. The summed E-state index contributed by atoms with van der Waals surface area (Å²) >= 11 is 0. The van der Waals surface area contributed by atoms with E-state index >= 15 is 0 Å². The molecular weight excluding hydrogens is 402 g/mol. The Labute approximate surface area is 147 Å². The van der Waals surface area contributed by atoms with Gasteiger partial charge in [-0.05, 0) is 6.42 Å². The molecule has 0 spiro atoms. The topological polar surface area (TPSA) is 15.7 Å². The SMILES string of the molecule is F/C(=C(/N1CCOCC1)N1CC(C(F)(F)F)CC(C(F)(F)F)C1)C(F)(F)F. The molecule has 0 aliphatic carbocycles. The number of hydrogen-bond donors (Lipinski definition) is 0. The molecule has 0 bridgehead atoms. The van der Waals surface area contributed by atoms with Crippen LogP contribution >= 0.6 is 0 Å². The Kier molecular flexibility index (Phi) is 6.12. The van der Waals surface area contributed by atoms with Crippen LogP contribution in [-0.4, -0.2) is 67.7 Å². The van der Waals surface area contributed by atoms with Gasteiger partial charge in [0, 0.05) is 26.2 Å². The summed E-state index contributed by atoms with van der Waals surface area (Å²) in [6, 6.07) is 0. The van der Waals surface area contributed by atoms with Gasteiger partial charge in [-0.1, -0.05) is 0 Å². The van der Waals surface area contributed by atoms with Gasteiger partial charge in [0.15, 0.2) is 0 Å². The summed E-state index contributed by atoms with van der Waals surface area (Å²) in [6.45, 7) is -3.22. The van der Waals surface area contributed by atoms with Gasteiger partial charge in [0.2, 0.25) is 5.83 Å². The van der Waals surface area contributed by atoms with E-state index in [4.69, 9.17) is 4.74 Å². The maximum Gasteiger partial charge on any atom is 0.446 e. The molecule has 2 unspecified atom stereocenters. The summed E-state index contributed by atoms with van der Waals surface area (Å²) in [5, 5.41) is 0. The van der Waals surface area contributed by atoms with Crippen LogP contribution in [-0.2, 0) is 4.74 Å². The number of allylic oxidation sites excluding steroid dienone is 1. The maximum atomic E-state index is 14.1. The number of halogens is 10. The number of hydrogen-bond acceptors (Lipinski definition) is 3. The number of rotatable bonds is 2. The van der Waals surface area contributed by atoms with Crippen LogP contribution in [0.4, 0.5) is 43.9 Å². The van der Waals surface area contributed by atoms with E-state index in [1.165, 1.54) is 0 Å². The van der Waals surface area contributed by atoms with Crippen molar-refractivity contribution in [3.8, 4) is 0 Å². The summed E-state index contributed by atoms with van der Waals surface area (Å²) in [4.78, 5) is 0.993. The minimum atomic E-state index is -5.55. The fourth-order valence-electron chi connectivity index (χ4n) is 3.13. The van der Waals surface area contributed by atoms with E-state index in [1.807, 2.05) is 0 Å². The molecule has 0 aromatic carbocycles. The number of nitrogens with zero attached hydrogens (tertiary/aromatic N) is 2. The van der Waals surface area contributed by atoms with Gasteiger partial charge in [0.25, 0.3) is 0 Å². The summed E-state index contributed by atoms with van der Waals surface area (Å²) in [6.07, 6.45) is -17.0. The van der Waals surface area contributed by atoms with Crippen LogP contribution in [0.3, 0.4) is 0 Å². The molecule has 2 aliphatic heterocycles. The molecule has 2 saturated heterocycles. The minimum absolute atomic E-state index is 0.131. The molecule has 2 aliphatic rings. The molecule has 158 valence electrons. The van der Waals surface area contributed by atoms with Crippen LogP contribution in [0.25, 0.3) is 0 Å².